The lowest BCUT2D eigenvalue weighted by Crippen LogP contribution is -2.11. The zero-order valence-electron chi connectivity index (χ0n) is 35.6. The second-order valence-electron chi connectivity index (χ2n) is 15.2. The summed E-state index contributed by atoms with van der Waals surface area (Å²) in [6.07, 6.45) is 2.17. The highest BCUT2D eigenvalue weighted by Crippen LogP contribution is 2.40. The van der Waals surface area contributed by atoms with Gasteiger partial charge in [-0.2, -0.15) is 0 Å². The zero-order chi connectivity index (χ0) is 43.0. The molecule has 0 amide bonds. The van der Waals surface area contributed by atoms with Crippen molar-refractivity contribution in [3.63, 3.8) is 0 Å². The van der Waals surface area contributed by atoms with Crippen molar-refractivity contribution >= 4 is 51.7 Å². The molecule has 0 unspecified atom stereocenters. The monoisotopic (exact) mass is 812 g/mol. The molecule has 0 heterocycles. The van der Waals surface area contributed by atoms with E-state index >= 15 is 0 Å². The second-order valence-corrected chi connectivity index (χ2v) is 15.2. The van der Waals surface area contributed by atoms with Gasteiger partial charge in [0.25, 0.3) is 0 Å². The van der Waals surface area contributed by atoms with Crippen LogP contribution < -0.4 is 24.0 Å². The van der Waals surface area contributed by atoms with Crippen LogP contribution in [0.25, 0.3) is 11.6 Å². The summed E-state index contributed by atoms with van der Waals surface area (Å²) in [4.78, 5) is 16.1. The topological polar surface area (TPSA) is 51.2 Å². The molecule has 0 fully saturated rings. The molecule has 0 aliphatic carbocycles. The van der Waals surface area contributed by atoms with Crippen LogP contribution in [-0.2, 0) is 4.79 Å². The Labute approximate surface area is 364 Å². The van der Waals surface area contributed by atoms with Crippen molar-refractivity contribution < 1.29 is 19.0 Å². The molecule has 62 heavy (non-hydrogen) atoms. The van der Waals surface area contributed by atoms with Gasteiger partial charge < -0.3 is 24.0 Å². The lowest BCUT2D eigenvalue weighted by Gasteiger charge is -2.27. The number of ether oxygens (including phenoxy) is 3. The van der Waals surface area contributed by atoms with Crippen LogP contribution in [0.5, 0.6) is 23.0 Å². The minimum atomic E-state index is -0.352. The number of anilines is 6. The van der Waals surface area contributed by atoms with Crippen molar-refractivity contribution in [1.82, 2.24) is 0 Å². The number of hydrogen-bond acceptors (Lipinski definition) is 6. The summed E-state index contributed by atoms with van der Waals surface area (Å²) in [5.74, 6) is 2.43. The summed E-state index contributed by atoms with van der Waals surface area (Å²) in [6.45, 7) is 7.76. The Balaban J connectivity index is 1.06. The van der Waals surface area contributed by atoms with Gasteiger partial charge in [0.15, 0.2) is 0 Å². The van der Waals surface area contributed by atoms with E-state index in [0.717, 1.165) is 73.6 Å². The maximum absolute atomic E-state index is 11.6. The largest absolute Gasteiger partial charge is 0.497 e. The highest BCUT2D eigenvalue weighted by Gasteiger charge is 2.16. The van der Waals surface area contributed by atoms with Crippen molar-refractivity contribution in [2.75, 3.05) is 16.9 Å². The molecule has 8 rings (SSSR count). The van der Waals surface area contributed by atoms with Crippen LogP contribution in [0, 0.1) is 20.8 Å². The lowest BCUT2D eigenvalue weighted by molar-refractivity contribution is -0.131. The Hall–Kier alpha value is -7.83. The number of carbonyl (C=O) groups excluding carboxylic acids is 1. The first-order valence-electron chi connectivity index (χ1n) is 20.6. The molecular weight excluding hydrogens is 765 g/mol. The van der Waals surface area contributed by atoms with Gasteiger partial charge >= 0.3 is 5.97 Å². The van der Waals surface area contributed by atoms with Crippen LogP contribution in [0.3, 0.4) is 0 Å². The molecular formula is C56H48N2O4. The van der Waals surface area contributed by atoms with Crippen molar-refractivity contribution in [1.29, 1.82) is 0 Å². The van der Waals surface area contributed by atoms with Crippen molar-refractivity contribution in [2.45, 2.75) is 27.7 Å². The minimum Gasteiger partial charge on any atom is -0.497 e. The minimum absolute atomic E-state index is 0.352. The van der Waals surface area contributed by atoms with Gasteiger partial charge in [-0.25, -0.2) is 0 Å². The third-order valence-electron chi connectivity index (χ3n) is 10.6. The van der Waals surface area contributed by atoms with E-state index in [1.165, 1.54) is 23.6 Å². The van der Waals surface area contributed by atoms with Crippen LogP contribution in [0.1, 0.15) is 40.3 Å². The van der Waals surface area contributed by atoms with E-state index in [4.69, 9.17) is 14.2 Å². The fraction of sp³-hybridized carbons (Fsp3) is 0.0893. The number of esters is 1. The molecule has 0 N–H and O–H groups in total. The quantitative estimate of drug-likeness (QED) is 0.0657. The number of benzene rings is 8. The van der Waals surface area contributed by atoms with E-state index in [2.05, 4.69) is 158 Å². The van der Waals surface area contributed by atoms with E-state index in [0.29, 0.717) is 5.75 Å². The summed E-state index contributed by atoms with van der Waals surface area (Å²) in [5, 5.41) is 0. The van der Waals surface area contributed by atoms with Crippen molar-refractivity contribution in [3.05, 3.63) is 228 Å². The van der Waals surface area contributed by atoms with Crippen LogP contribution in [0.4, 0.5) is 34.1 Å². The molecule has 6 heteroatoms. The number of aryl methyl sites for hydroxylation is 3. The molecule has 306 valence electrons. The van der Waals surface area contributed by atoms with Crippen LogP contribution in [-0.4, -0.2) is 13.1 Å². The SMILES string of the molecule is COc1ccc(C(=Cc2ccc(N(c3ccc(Oc4ccc(N(c5ccc(C)cc5)c5ccccc5C)cc4)cc3)c3cccc(C)c3)cc2)c2ccc(OC(C)=O)cc2)cc1. The van der Waals surface area contributed by atoms with Gasteiger partial charge in [-0.1, -0.05) is 84.4 Å². The predicted octanol–water partition coefficient (Wildman–Crippen LogP) is 14.9. The number of para-hydroxylation sites is 1. The van der Waals surface area contributed by atoms with Crippen molar-refractivity contribution in [3.8, 4) is 23.0 Å². The Bertz CT molecular complexity index is 2790. The number of hydrogen-bond donors (Lipinski definition) is 0. The van der Waals surface area contributed by atoms with Gasteiger partial charge in [-0.15, -0.1) is 0 Å². The summed E-state index contributed by atoms with van der Waals surface area (Å²) in [5.41, 5.74) is 14.0. The molecule has 0 aliphatic heterocycles. The van der Waals surface area contributed by atoms with Gasteiger partial charge in [-0.05, 0) is 175 Å². The fourth-order valence-corrected chi connectivity index (χ4v) is 7.47. The van der Waals surface area contributed by atoms with Crippen LogP contribution in [0.2, 0.25) is 0 Å². The summed E-state index contributed by atoms with van der Waals surface area (Å²) >= 11 is 0. The zero-order valence-corrected chi connectivity index (χ0v) is 35.6. The van der Waals surface area contributed by atoms with E-state index < -0.39 is 0 Å². The molecule has 8 aromatic carbocycles. The number of methoxy groups -OCH3 is 1. The molecule has 8 aromatic rings. The maximum Gasteiger partial charge on any atom is 0.308 e. The number of rotatable bonds is 13. The Morgan fingerprint density at radius 1 is 0.468 bits per heavy atom. The van der Waals surface area contributed by atoms with Gasteiger partial charge in [0.2, 0.25) is 0 Å². The van der Waals surface area contributed by atoms with Crippen LogP contribution >= 0.6 is 0 Å². The summed E-state index contributed by atoms with van der Waals surface area (Å²) in [6, 6.07) is 66.2. The molecule has 0 saturated heterocycles. The first-order valence-corrected chi connectivity index (χ1v) is 20.6. The van der Waals surface area contributed by atoms with E-state index in [-0.39, 0.29) is 5.97 Å². The molecule has 6 nitrogen and oxygen atoms in total. The summed E-state index contributed by atoms with van der Waals surface area (Å²) < 4.78 is 17.2. The lowest BCUT2D eigenvalue weighted by atomic mass is 9.95. The predicted molar refractivity (Wildman–Crippen MR) is 254 cm³/mol. The third kappa shape index (κ3) is 9.62. The van der Waals surface area contributed by atoms with Gasteiger partial charge in [-0.3, -0.25) is 4.79 Å². The molecule has 0 aromatic heterocycles. The molecule has 0 aliphatic rings. The smallest absolute Gasteiger partial charge is 0.308 e. The van der Waals surface area contributed by atoms with Gasteiger partial charge in [0.05, 0.1) is 7.11 Å². The molecule has 0 saturated carbocycles. The molecule has 0 bridgehead atoms. The first kappa shape index (κ1) is 40.9. The molecule has 0 radical (unpaired) electrons. The Morgan fingerprint density at radius 3 is 1.50 bits per heavy atom. The average molecular weight is 813 g/mol. The van der Waals surface area contributed by atoms with Crippen molar-refractivity contribution in [2.24, 2.45) is 0 Å². The van der Waals surface area contributed by atoms with E-state index in [1.54, 1.807) is 7.11 Å². The average Bonchev–Trinajstić information content (AvgIpc) is 3.29. The standard InChI is InChI=1S/C56H48N2O4/c1-39-13-21-48(22-14-39)58(56-12-7-6-10-41(56)3)49-27-35-54(36-28-49)62-53-33-25-47(26-34-53)57(50-11-8-9-40(2)37-50)46-23-15-43(16-24-46)38-55(44-17-29-51(60-5)30-18-44)45-19-31-52(32-20-45)61-42(4)59/h6-38H,1-5H3. The van der Waals surface area contributed by atoms with Gasteiger partial charge in [0.1, 0.15) is 23.0 Å². The van der Waals surface area contributed by atoms with E-state index in [9.17, 15) is 4.79 Å². The number of carbonyl (C=O) groups is 1. The normalized spacial score (nSPS) is 11.1. The third-order valence-corrected chi connectivity index (χ3v) is 10.6. The highest BCUT2D eigenvalue weighted by molar-refractivity contribution is 5.92. The van der Waals surface area contributed by atoms with Gasteiger partial charge in [0, 0.05) is 41.0 Å². The molecule has 0 atom stereocenters. The Morgan fingerprint density at radius 2 is 0.968 bits per heavy atom. The molecule has 0 spiro atoms. The fourth-order valence-electron chi connectivity index (χ4n) is 7.47. The highest BCUT2D eigenvalue weighted by atomic mass is 16.5. The number of nitrogens with zero attached hydrogens (tertiary/aromatic N) is 2. The summed E-state index contributed by atoms with van der Waals surface area (Å²) in [7, 11) is 1.66. The van der Waals surface area contributed by atoms with E-state index in [1.807, 2.05) is 72.8 Å². The second kappa shape index (κ2) is 18.6. The Kier molecular flexibility index (Phi) is 12.3. The maximum atomic E-state index is 11.6. The van der Waals surface area contributed by atoms with Crippen LogP contribution in [0.15, 0.2) is 194 Å². The first-order chi connectivity index (χ1) is 30.2.